The van der Waals surface area contributed by atoms with Crippen LogP contribution in [0.2, 0.25) is 0 Å². The predicted molar refractivity (Wildman–Crippen MR) is 124 cm³/mol. The van der Waals surface area contributed by atoms with Crippen LogP contribution in [0.4, 0.5) is 4.79 Å². The van der Waals surface area contributed by atoms with Crippen molar-refractivity contribution in [2.24, 2.45) is 5.41 Å². The van der Waals surface area contributed by atoms with Gasteiger partial charge in [0.05, 0.1) is 5.41 Å². The first-order chi connectivity index (χ1) is 15.8. The van der Waals surface area contributed by atoms with Gasteiger partial charge in [0.25, 0.3) is 0 Å². The zero-order valence-corrected chi connectivity index (χ0v) is 19.0. The predicted octanol–water partition coefficient (Wildman–Crippen LogP) is 4.02. The van der Waals surface area contributed by atoms with Gasteiger partial charge in [-0.05, 0) is 55.4 Å². The molecule has 1 atom stereocenters. The van der Waals surface area contributed by atoms with E-state index in [1.54, 1.807) is 13.8 Å². The molecule has 2 aromatic carbocycles. The topological polar surface area (TPSA) is 95.9 Å². The second kappa shape index (κ2) is 9.25. The molecule has 1 aliphatic heterocycles. The number of rotatable bonds is 6. The maximum absolute atomic E-state index is 13.1. The van der Waals surface area contributed by atoms with Crippen molar-refractivity contribution in [1.82, 2.24) is 10.2 Å². The van der Waals surface area contributed by atoms with Gasteiger partial charge in [-0.25, -0.2) is 9.59 Å². The standard InChI is InChI=1S/C26H30N2O5/c1-26(2,24(31)28-14-8-7-13-22(28)23(29)30)16-27-25(32)33-15-21-19-11-5-3-9-17(19)18-10-4-6-12-20(18)21/h3-6,9-12,21-22H,7-8,13-16H2,1-2H3,(H,27,32)(H,29,30). The molecule has 2 aliphatic rings. The van der Waals surface area contributed by atoms with E-state index in [9.17, 15) is 19.5 Å². The number of carbonyl (C=O) groups excluding carboxylic acids is 2. The van der Waals surface area contributed by atoms with Gasteiger partial charge in [0.15, 0.2) is 0 Å². The van der Waals surface area contributed by atoms with E-state index in [1.807, 2.05) is 24.3 Å². The summed E-state index contributed by atoms with van der Waals surface area (Å²) in [5, 5.41) is 12.2. The Labute approximate surface area is 193 Å². The lowest BCUT2D eigenvalue weighted by Gasteiger charge is -2.38. The number of benzene rings is 2. The second-order valence-corrected chi connectivity index (χ2v) is 9.41. The monoisotopic (exact) mass is 450 g/mol. The number of carbonyl (C=O) groups is 3. The molecule has 4 rings (SSSR count). The highest BCUT2D eigenvalue weighted by molar-refractivity contribution is 5.88. The van der Waals surface area contributed by atoms with Crippen LogP contribution in [-0.4, -0.2) is 53.7 Å². The summed E-state index contributed by atoms with van der Waals surface area (Å²) in [7, 11) is 0. The third-order valence-corrected chi connectivity index (χ3v) is 6.65. The van der Waals surface area contributed by atoms with Crippen LogP contribution in [0.5, 0.6) is 0 Å². The van der Waals surface area contributed by atoms with Gasteiger partial charge in [0.1, 0.15) is 12.6 Å². The lowest BCUT2D eigenvalue weighted by Crippen LogP contribution is -2.54. The highest BCUT2D eigenvalue weighted by Gasteiger charge is 2.39. The molecule has 0 aromatic heterocycles. The highest BCUT2D eigenvalue weighted by atomic mass is 16.5. The fourth-order valence-electron chi connectivity index (χ4n) is 4.84. The molecule has 1 aliphatic carbocycles. The van der Waals surface area contributed by atoms with E-state index in [4.69, 9.17) is 4.74 Å². The molecular formula is C26H30N2O5. The van der Waals surface area contributed by atoms with Crippen molar-refractivity contribution in [2.75, 3.05) is 19.7 Å². The highest BCUT2D eigenvalue weighted by Crippen LogP contribution is 2.44. The number of likely N-dealkylation sites (tertiary alicyclic amines) is 1. The summed E-state index contributed by atoms with van der Waals surface area (Å²) < 4.78 is 5.55. The second-order valence-electron chi connectivity index (χ2n) is 9.41. The van der Waals surface area contributed by atoms with Crippen molar-refractivity contribution in [1.29, 1.82) is 0 Å². The normalized spacial score (nSPS) is 17.8. The molecule has 2 amide bonds. The Morgan fingerprint density at radius 1 is 1.03 bits per heavy atom. The van der Waals surface area contributed by atoms with Crippen LogP contribution in [0.25, 0.3) is 11.1 Å². The van der Waals surface area contributed by atoms with Crippen LogP contribution in [0, 0.1) is 5.41 Å². The molecule has 1 saturated heterocycles. The number of carboxylic acids is 1. The SMILES string of the molecule is CC(C)(CNC(=O)OCC1c2ccccc2-c2ccccc21)C(=O)N1CCCCC1C(=O)O. The third kappa shape index (κ3) is 4.58. The molecule has 7 nitrogen and oxygen atoms in total. The van der Waals surface area contributed by atoms with E-state index in [2.05, 4.69) is 29.6 Å². The van der Waals surface area contributed by atoms with Crippen molar-refractivity contribution in [3.8, 4) is 11.1 Å². The minimum Gasteiger partial charge on any atom is -0.480 e. The smallest absolute Gasteiger partial charge is 0.407 e. The first kappa shape index (κ1) is 22.8. The zero-order chi connectivity index (χ0) is 23.6. The molecule has 0 bridgehead atoms. The molecular weight excluding hydrogens is 420 g/mol. The molecule has 1 unspecified atom stereocenters. The molecule has 33 heavy (non-hydrogen) atoms. The zero-order valence-electron chi connectivity index (χ0n) is 19.0. The maximum Gasteiger partial charge on any atom is 0.407 e. The van der Waals surface area contributed by atoms with Gasteiger partial charge in [-0.1, -0.05) is 48.5 Å². The van der Waals surface area contributed by atoms with Gasteiger partial charge in [-0.15, -0.1) is 0 Å². The summed E-state index contributed by atoms with van der Waals surface area (Å²) >= 11 is 0. The number of ether oxygens (including phenoxy) is 1. The largest absolute Gasteiger partial charge is 0.480 e. The molecule has 0 radical (unpaired) electrons. The molecule has 0 saturated carbocycles. The minimum absolute atomic E-state index is 0.0394. The van der Waals surface area contributed by atoms with E-state index in [0.717, 1.165) is 35.1 Å². The number of piperidine rings is 1. The van der Waals surface area contributed by atoms with Gasteiger partial charge in [0.2, 0.25) is 5.91 Å². The summed E-state index contributed by atoms with van der Waals surface area (Å²) in [5.74, 6) is -1.29. The maximum atomic E-state index is 13.1. The van der Waals surface area contributed by atoms with Gasteiger partial charge in [-0.3, -0.25) is 4.79 Å². The Morgan fingerprint density at radius 3 is 2.24 bits per heavy atom. The number of aliphatic carboxylic acids is 1. The average molecular weight is 451 g/mol. The van der Waals surface area contributed by atoms with Crippen LogP contribution < -0.4 is 5.32 Å². The van der Waals surface area contributed by atoms with Crippen molar-refractivity contribution in [3.05, 3.63) is 59.7 Å². The molecule has 174 valence electrons. The fraction of sp³-hybridized carbons (Fsp3) is 0.423. The molecule has 2 N–H and O–H groups in total. The molecule has 1 fully saturated rings. The van der Waals surface area contributed by atoms with Gasteiger partial charge < -0.3 is 20.1 Å². The number of hydrogen-bond acceptors (Lipinski definition) is 4. The van der Waals surface area contributed by atoms with Crippen LogP contribution in [-0.2, 0) is 14.3 Å². The summed E-state index contributed by atoms with van der Waals surface area (Å²) in [6.45, 7) is 4.11. The lowest BCUT2D eigenvalue weighted by atomic mass is 9.89. The van der Waals surface area contributed by atoms with E-state index in [1.165, 1.54) is 4.90 Å². The van der Waals surface area contributed by atoms with E-state index in [-0.39, 0.29) is 25.0 Å². The number of nitrogens with zero attached hydrogens (tertiary/aromatic N) is 1. The lowest BCUT2D eigenvalue weighted by molar-refractivity contribution is -0.156. The number of alkyl carbamates (subject to hydrolysis) is 1. The molecule has 2 aromatic rings. The summed E-state index contributed by atoms with van der Waals surface area (Å²) in [4.78, 5) is 38.5. The number of fused-ring (bicyclic) bond motifs is 3. The van der Waals surface area contributed by atoms with Gasteiger partial charge >= 0.3 is 12.1 Å². The Bertz CT molecular complexity index is 1020. The number of hydrogen-bond donors (Lipinski definition) is 2. The minimum atomic E-state index is -0.983. The van der Waals surface area contributed by atoms with Crippen LogP contribution in [0.3, 0.4) is 0 Å². The fourth-order valence-corrected chi connectivity index (χ4v) is 4.84. The Hall–Kier alpha value is -3.35. The third-order valence-electron chi connectivity index (χ3n) is 6.65. The van der Waals surface area contributed by atoms with E-state index >= 15 is 0 Å². The van der Waals surface area contributed by atoms with E-state index in [0.29, 0.717) is 13.0 Å². The Balaban J connectivity index is 1.36. The average Bonchev–Trinajstić information content (AvgIpc) is 3.14. The number of carboxylic acid groups (broad SMARTS) is 1. The molecule has 7 heteroatoms. The van der Waals surface area contributed by atoms with Crippen molar-refractivity contribution < 1.29 is 24.2 Å². The first-order valence-corrected chi connectivity index (χ1v) is 11.4. The Morgan fingerprint density at radius 2 is 1.64 bits per heavy atom. The van der Waals surface area contributed by atoms with Crippen molar-refractivity contribution in [2.45, 2.75) is 45.1 Å². The van der Waals surface area contributed by atoms with Crippen LogP contribution in [0.15, 0.2) is 48.5 Å². The van der Waals surface area contributed by atoms with Crippen LogP contribution >= 0.6 is 0 Å². The number of amides is 2. The molecule has 1 heterocycles. The summed E-state index contributed by atoms with van der Waals surface area (Å²) in [6.07, 6.45) is 1.44. The summed E-state index contributed by atoms with van der Waals surface area (Å²) in [6, 6.07) is 15.4. The van der Waals surface area contributed by atoms with Crippen molar-refractivity contribution >= 4 is 18.0 Å². The van der Waals surface area contributed by atoms with Crippen molar-refractivity contribution in [3.63, 3.8) is 0 Å². The van der Waals surface area contributed by atoms with E-state index < -0.39 is 23.5 Å². The Kier molecular flexibility index (Phi) is 6.40. The number of nitrogens with one attached hydrogen (secondary N) is 1. The first-order valence-electron chi connectivity index (χ1n) is 11.4. The van der Waals surface area contributed by atoms with Crippen LogP contribution in [0.1, 0.15) is 50.2 Å². The van der Waals surface area contributed by atoms with Gasteiger partial charge in [-0.2, -0.15) is 0 Å². The quantitative estimate of drug-likeness (QED) is 0.693. The van der Waals surface area contributed by atoms with Gasteiger partial charge in [0, 0.05) is 19.0 Å². The summed E-state index contributed by atoms with van der Waals surface area (Å²) in [5.41, 5.74) is 3.63. The molecule has 0 spiro atoms.